The number of carbonyl (C=O) groups is 3. The lowest BCUT2D eigenvalue weighted by molar-refractivity contribution is -0.127. The van der Waals surface area contributed by atoms with Gasteiger partial charge in [-0.25, -0.2) is 4.79 Å². The molecule has 1 aliphatic heterocycles. The summed E-state index contributed by atoms with van der Waals surface area (Å²) < 4.78 is 0. The number of nitrogens with zero attached hydrogens (tertiary/aromatic N) is 1. The van der Waals surface area contributed by atoms with Crippen LogP contribution in [0.4, 0.5) is 10.5 Å². The molecule has 0 saturated carbocycles. The second-order valence-corrected chi connectivity index (χ2v) is 9.53. The Bertz CT molecular complexity index is 1270. The van der Waals surface area contributed by atoms with Crippen molar-refractivity contribution in [1.29, 1.82) is 0 Å². The first-order valence-electron chi connectivity index (χ1n) is 13.4. The number of hydrogen-bond donors (Lipinski definition) is 3. The normalized spacial score (nSPS) is 14.8. The van der Waals surface area contributed by atoms with Crippen LogP contribution >= 0.6 is 0 Å². The van der Waals surface area contributed by atoms with Crippen molar-refractivity contribution >= 4 is 23.5 Å². The molecule has 1 heterocycles. The van der Waals surface area contributed by atoms with Gasteiger partial charge in [-0.1, -0.05) is 73.7 Å². The first kappa shape index (κ1) is 26.9. The van der Waals surface area contributed by atoms with Gasteiger partial charge in [-0.05, 0) is 60.1 Å². The van der Waals surface area contributed by atoms with Crippen LogP contribution in [0, 0.1) is 0 Å². The number of rotatable bonds is 9. The maximum Gasteiger partial charge on any atom is 0.315 e. The highest BCUT2D eigenvalue weighted by Gasteiger charge is 2.31. The second kappa shape index (κ2) is 12.9. The summed E-state index contributed by atoms with van der Waals surface area (Å²) in [6, 6.07) is 23.4. The molecule has 0 bridgehead atoms. The van der Waals surface area contributed by atoms with Crippen LogP contribution in [-0.2, 0) is 29.1 Å². The molecule has 0 saturated heterocycles. The summed E-state index contributed by atoms with van der Waals surface area (Å²) in [5, 5.41) is 8.61. The smallest absolute Gasteiger partial charge is 0.315 e. The van der Waals surface area contributed by atoms with E-state index < -0.39 is 6.04 Å². The highest BCUT2D eigenvalue weighted by molar-refractivity contribution is 6.00. The van der Waals surface area contributed by atoms with E-state index in [9.17, 15) is 14.4 Å². The standard InChI is InChI=1S/C31H36N4O3/c1-3-9-29(36)34-27-19-18-24-10-6-8-13-28(24)35(30(27)37)21-22-14-16-23(17-15-22)26-12-7-5-11-25(26)20-33-31(38)32-4-2/h5-8,10-17,27H,3-4,9,18-21H2,1-2H3,(H,34,36)(H2,32,33,38)/t27-/m1/s1. The maximum absolute atomic E-state index is 13.6. The first-order chi connectivity index (χ1) is 18.5. The Kier molecular flexibility index (Phi) is 9.14. The Balaban J connectivity index is 1.54. The van der Waals surface area contributed by atoms with E-state index in [0.29, 0.717) is 32.5 Å². The number of benzene rings is 3. The van der Waals surface area contributed by atoms with Gasteiger partial charge < -0.3 is 20.9 Å². The van der Waals surface area contributed by atoms with E-state index in [1.807, 2.05) is 68.4 Å². The molecule has 0 spiro atoms. The largest absolute Gasteiger partial charge is 0.344 e. The topological polar surface area (TPSA) is 90.5 Å². The van der Waals surface area contributed by atoms with Crippen molar-refractivity contribution in [2.75, 3.05) is 11.4 Å². The van der Waals surface area contributed by atoms with E-state index in [4.69, 9.17) is 0 Å². The fourth-order valence-electron chi connectivity index (χ4n) is 4.83. The Morgan fingerprint density at radius 2 is 1.66 bits per heavy atom. The van der Waals surface area contributed by atoms with E-state index in [1.165, 1.54) is 0 Å². The summed E-state index contributed by atoms with van der Waals surface area (Å²) in [5.74, 6) is -0.160. The van der Waals surface area contributed by atoms with Gasteiger partial charge >= 0.3 is 6.03 Å². The minimum atomic E-state index is -0.537. The maximum atomic E-state index is 13.6. The van der Waals surface area contributed by atoms with Crippen LogP contribution in [0.3, 0.4) is 0 Å². The molecule has 0 aliphatic carbocycles. The van der Waals surface area contributed by atoms with Crippen molar-refractivity contribution < 1.29 is 14.4 Å². The molecule has 0 unspecified atom stereocenters. The molecule has 38 heavy (non-hydrogen) atoms. The molecule has 1 atom stereocenters. The number of fused-ring (bicyclic) bond motifs is 1. The van der Waals surface area contributed by atoms with Gasteiger partial charge in [0.1, 0.15) is 6.04 Å². The average molecular weight is 513 g/mol. The number of amides is 4. The molecule has 7 heteroatoms. The number of nitrogens with one attached hydrogen (secondary N) is 3. The van der Waals surface area contributed by atoms with E-state index in [-0.39, 0.29) is 17.8 Å². The molecule has 1 aliphatic rings. The van der Waals surface area contributed by atoms with Crippen LogP contribution in [0.2, 0.25) is 0 Å². The van der Waals surface area contributed by atoms with Crippen LogP contribution in [0.25, 0.3) is 11.1 Å². The Morgan fingerprint density at radius 3 is 2.42 bits per heavy atom. The fraction of sp³-hybridized carbons (Fsp3) is 0.323. The van der Waals surface area contributed by atoms with Gasteiger partial charge in [-0.3, -0.25) is 9.59 Å². The van der Waals surface area contributed by atoms with Gasteiger partial charge in [-0.2, -0.15) is 0 Å². The highest BCUT2D eigenvalue weighted by atomic mass is 16.2. The first-order valence-corrected chi connectivity index (χ1v) is 13.4. The predicted molar refractivity (Wildman–Crippen MR) is 151 cm³/mol. The highest BCUT2D eigenvalue weighted by Crippen LogP contribution is 2.30. The minimum Gasteiger partial charge on any atom is -0.344 e. The molecule has 0 radical (unpaired) electrons. The number of urea groups is 1. The molecule has 4 rings (SSSR count). The molecule has 3 aromatic rings. The molecule has 3 N–H and O–H groups in total. The minimum absolute atomic E-state index is 0.0785. The molecule has 198 valence electrons. The summed E-state index contributed by atoms with van der Waals surface area (Å²) in [4.78, 5) is 39.6. The summed E-state index contributed by atoms with van der Waals surface area (Å²) in [7, 11) is 0. The third kappa shape index (κ3) is 6.59. The van der Waals surface area contributed by atoms with Gasteiger partial charge in [0.2, 0.25) is 11.8 Å². The van der Waals surface area contributed by atoms with E-state index >= 15 is 0 Å². The van der Waals surface area contributed by atoms with Crippen molar-refractivity contribution in [1.82, 2.24) is 16.0 Å². The van der Waals surface area contributed by atoms with Gasteiger partial charge in [-0.15, -0.1) is 0 Å². The summed E-state index contributed by atoms with van der Waals surface area (Å²) >= 11 is 0. The molecule has 3 aromatic carbocycles. The zero-order valence-electron chi connectivity index (χ0n) is 22.1. The van der Waals surface area contributed by atoms with Crippen LogP contribution < -0.4 is 20.9 Å². The number of aryl methyl sites for hydroxylation is 1. The van der Waals surface area contributed by atoms with Crippen LogP contribution in [0.1, 0.15) is 49.8 Å². The van der Waals surface area contributed by atoms with Crippen LogP contribution in [-0.4, -0.2) is 30.4 Å². The van der Waals surface area contributed by atoms with Crippen LogP contribution in [0.5, 0.6) is 0 Å². The molecule has 0 aromatic heterocycles. The number of para-hydroxylation sites is 1. The zero-order valence-corrected chi connectivity index (χ0v) is 22.1. The van der Waals surface area contributed by atoms with Crippen molar-refractivity contribution in [3.05, 3.63) is 89.5 Å². The second-order valence-electron chi connectivity index (χ2n) is 9.53. The fourth-order valence-corrected chi connectivity index (χ4v) is 4.83. The SMILES string of the molecule is CCCC(=O)N[C@@H]1CCc2ccccc2N(Cc2ccc(-c3ccccc3CNC(=O)NCC)cc2)C1=O. The molecule has 0 fully saturated rings. The van der Waals surface area contributed by atoms with E-state index in [0.717, 1.165) is 46.3 Å². The third-order valence-electron chi connectivity index (χ3n) is 6.76. The summed E-state index contributed by atoms with van der Waals surface area (Å²) in [6.45, 7) is 5.25. The van der Waals surface area contributed by atoms with Gasteiger partial charge in [0, 0.05) is 25.2 Å². The quantitative estimate of drug-likeness (QED) is 0.379. The van der Waals surface area contributed by atoms with E-state index in [1.54, 1.807) is 4.90 Å². The van der Waals surface area contributed by atoms with Gasteiger partial charge in [0.05, 0.1) is 6.54 Å². The lowest BCUT2D eigenvalue weighted by Gasteiger charge is -2.26. The van der Waals surface area contributed by atoms with Crippen molar-refractivity contribution in [2.45, 2.75) is 58.7 Å². The van der Waals surface area contributed by atoms with Crippen molar-refractivity contribution in [2.24, 2.45) is 0 Å². The number of carbonyl (C=O) groups excluding carboxylic acids is 3. The lowest BCUT2D eigenvalue weighted by atomic mass is 9.98. The van der Waals surface area contributed by atoms with Crippen molar-refractivity contribution in [3.8, 4) is 11.1 Å². The Morgan fingerprint density at radius 1 is 0.921 bits per heavy atom. The lowest BCUT2D eigenvalue weighted by Crippen LogP contribution is -2.47. The third-order valence-corrected chi connectivity index (χ3v) is 6.76. The van der Waals surface area contributed by atoms with E-state index in [2.05, 4.69) is 34.1 Å². The summed E-state index contributed by atoms with van der Waals surface area (Å²) in [6.07, 6.45) is 2.48. The average Bonchev–Trinajstić information content (AvgIpc) is 3.05. The predicted octanol–water partition coefficient (Wildman–Crippen LogP) is 4.94. The Labute approximate surface area is 224 Å². The zero-order chi connectivity index (χ0) is 26.9. The Hall–Kier alpha value is -4.13. The molecule has 4 amide bonds. The van der Waals surface area contributed by atoms with Gasteiger partial charge in [0.25, 0.3) is 0 Å². The van der Waals surface area contributed by atoms with Crippen molar-refractivity contribution in [3.63, 3.8) is 0 Å². The molecular formula is C31H36N4O3. The van der Waals surface area contributed by atoms with Crippen LogP contribution in [0.15, 0.2) is 72.8 Å². The number of hydrogen-bond acceptors (Lipinski definition) is 3. The van der Waals surface area contributed by atoms with Gasteiger partial charge in [0.15, 0.2) is 0 Å². The molecular weight excluding hydrogens is 476 g/mol. The monoisotopic (exact) mass is 512 g/mol. The number of anilines is 1. The molecule has 7 nitrogen and oxygen atoms in total. The summed E-state index contributed by atoms with van der Waals surface area (Å²) in [5.41, 5.74) is 6.11.